The maximum Gasteiger partial charge on any atom is 0.220 e. The molecule has 0 aliphatic heterocycles. The Labute approximate surface area is 134 Å². The van der Waals surface area contributed by atoms with Gasteiger partial charge in [0.25, 0.3) is 0 Å². The van der Waals surface area contributed by atoms with Gasteiger partial charge >= 0.3 is 0 Å². The summed E-state index contributed by atoms with van der Waals surface area (Å²) in [6.45, 7) is 4.47. The van der Waals surface area contributed by atoms with Crippen molar-refractivity contribution in [2.45, 2.75) is 45.7 Å². The highest BCUT2D eigenvalue weighted by atomic mass is 19.1. The third kappa shape index (κ3) is 4.61. The summed E-state index contributed by atoms with van der Waals surface area (Å²) >= 11 is 0. The second-order valence-corrected chi connectivity index (χ2v) is 5.47. The Kier molecular flexibility index (Phi) is 5.84. The molecule has 1 aromatic carbocycles. The van der Waals surface area contributed by atoms with Crippen molar-refractivity contribution in [2.24, 2.45) is 0 Å². The van der Waals surface area contributed by atoms with Crippen LogP contribution in [0.2, 0.25) is 0 Å². The lowest BCUT2D eigenvalue weighted by Crippen LogP contribution is -2.28. The highest BCUT2D eigenvalue weighted by Gasteiger charge is 2.16. The summed E-state index contributed by atoms with van der Waals surface area (Å²) < 4.78 is 28.8. The van der Waals surface area contributed by atoms with Crippen LogP contribution in [0.3, 0.4) is 0 Å². The smallest absolute Gasteiger partial charge is 0.220 e. The second-order valence-electron chi connectivity index (χ2n) is 5.47. The molecule has 0 saturated carbocycles. The van der Waals surface area contributed by atoms with Crippen molar-refractivity contribution in [1.29, 1.82) is 0 Å². The minimum atomic E-state index is -0.633. The van der Waals surface area contributed by atoms with Gasteiger partial charge in [-0.25, -0.2) is 13.8 Å². The van der Waals surface area contributed by atoms with Crippen molar-refractivity contribution >= 4 is 5.91 Å². The van der Waals surface area contributed by atoms with E-state index in [1.165, 1.54) is 12.1 Å². The van der Waals surface area contributed by atoms with Crippen LogP contribution in [0, 0.1) is 18.6 Å². The third-order valence-electron chi connectivity index (χ3n) is 3.81. The quantitative estimate of drug-likeness (QED) is 0.848. The van der Waals surface area contributed by atoms with E-state index < -0.39 is 17.7 Å². The SMILES string of the molecule is CCC(NC(=O)CCCn1ccnc1C)c1ccc(F)cc1F. The summed E-state index contributed by atoms with van der Waals surface area (Å²) in [5.41, 5.74) is 0.313. The molecule has 0 saturated heterocycles. The van der Waals surface area contributed by atoms with Gasteiger partial charge in [0.2, 0.25) is 5.91 Å². The lowest BCUT2D eigenvalue weighted by atomic mass is 10.0. The van der Waals surface area contributed by atoms with Crippen molar-refractivity contribution in [3.63, 3.8) is 0 Å². The number of imidazole rings is 1. The Morgan fingerprint density at radius 1 is 1.39 bits per heavy atom. The number of halogens is 2. The van der Waals surface area contributed by atoms with Crippen LogP contribution in [0.25, 0.3) is 0 Å². The topological polar surface area (TPSA) is 46.9 Å². The number of aromatic nitrogens is 2. The Hall–Kier alpha value is -2.24. The molecule has 2 aromatic rings. The van der Waals surface area contributed by atoms with Crippen LogP contribution in [-0.2, 0) is 11.3 Å². The summed E-state index contributed by atoms with van der Waals surface area (Å²) in [6, 6.07) is 2.98. The third-order valence-corrected chi connectivity index (χ3v) is 3.81. The van der Waals surface area contributed by atoms with Crippen LogP contribution >= 0.6 is 0 Å². The Bertz CT molecular complexity index is 670. The van der Waals surface area contributed by atoms with Crippen LogP contribution in [0.5, 0.6) is 0 Å². The molecule has 0 spiro atoms. The van der Waals surface area contributed by atoms with Gasteiger partial charge in [-0.2, -0.15) is 0 Å². The highest BCUT2D eigenvalue weighted by molar-refractivity contribution is 5.76. The van der Waals surface area contributed by atoms with Crippen LogP contribution in [-0.4, -0.2) is 15.5 Å². The molecule has 1 N–H and O–H groups in total. The van der Waals surface area contributed by atoms with Gasteiger partial charge in [-0.1, -0.05) is 13.0 Å². The number of rotatable bonds is 7. The van der Waals surface area contributed by atoms with Crippen LogP contribution in [0.1, 0.15) is 43.6 Å². The second kappa shape index (κ2) is 7.85. The monoisotopic (exact) mass is 321 g/mol. The summed E-state index contributed by atoms with van der Waals surface area (Å²) in [7, 11) is 0. The average molecular weight is 321 g/mol. The largest absolute Gasteiger partial charge is 0.349 e. The maximum absolute atomic E-state index is 13.8. The van der Waals surface area contributed by atoms with Gasteiger partial charge < -0.3 is 9.88 Å². The minimum Gasteiger partial charge on any atom is -0.349 e. The van der Waals surface area contributed by atoms with Crippen molar-refractivity contribution < 1.29 is 13.6 Å². The molecule has 1 aromatic heterocycles. The van der Waals surface area contributed by atoms with Gasteiger partial charge in [0.1, 0.15) is 17.5 Å². The normalized spacial score (nSPS) is 12.2. The van der Waals surface area contributed by atoms with Gasteiger partial charge in [-0.3, -0.25) is 4.79 Å². The molecular weight excluding hydrogens is 300 g/mol. The molecule has 0 radical (unpaired) electrons. The number of hydrogen-bond acceptors (Lipinski definition) is 2. The van der Waals surface area contributed by atoms with Gasteiger partial charge in [0.05, 0.1) is 6.04 Å². The lowest BCUT2D eigenvalue weighted by molar-refractivity contribution is -0.122. The lowest BCUT2D eigenvalue weighted by Gasteiger charge is -2.18. The van der Waals surface area contributed by atoms with Crippen molar-refractivity contribution in [2.75, 3.05) is 0 Å². The van der Waals surface area contributed by atoms with E-state index in [1.807, 2.05) is 24.6 Å². The molecule has 23 heavy (non-hydrogen) atoms. The molecule has 124 valence electrons. The summed E-state index contributed by atoms with van der Waals surface area (Å²) in [5, 5.41) is 2.81. The van der Waals surface area contributed by atoms with E-state index in [4.69, 9.17) is 0 Å². The molecule has 1 atom stereocenters. The first-order valence-electron chi connectivity index (χ1n) is 7.73. The number of benzene rings is 1. The number of amides is 1. The molecule has 4 nitrogen and oxygen atoms in total. The van der Waals surface area contributed by atoms with E-state index in [1.54, 1.807) is 6.20 Å². The number of carbonyl (C=O) groups is 1. The molecule has 0 aliphatic rings. The van der Waals surface area contributed by atoms with Crippen molar-refractivity contribution in [3.8, 4) is 0 Å². The highest BCUT2D eigenvalue weighted by Crippen LogP contribution is 2.21. The molecule has 1 heterocycles. The molecule has 0 aliphatic carbocycles. The predicted molar refractivity (Wildman–Crippen MR) is 83.7 cm³/mol. The number of hydrogen-bond donors (Lipinski definition) is 1. The first-order valence-corrected chi connectivity index (χ1v) is 7.73. The maximum atomic E-state index is 13.8. The summed E-state index contributed by atoms with van der Waals surface area (Å²) in [6.07, 6.45) is 5.15. The van der Waals surface area contributed by atoms with Gasteiger partial charge in [-0.05, 0) is 25.8 Å². The molecule has 6 heteroatoms. The zero-order valence-corrected chi connectivity index (χ0v) is 13.4. The molecular formula is C17H21F2N3O. The Balaban J connectivity index is 1.88. The van der Waals surface area contributed by atoms with Crippen LogP contribution in [0.4, 0.5) is 8.78 Å². The van der Waals surface area contributed by atoms with E-state index in [0.717, 1.165) is 11.9 Å². The molecule has 1 amide bonds. The van der Waals surface area contributed by atoms with Gasteiger partial charge in [0, 0.05) is 37.0 Å². The van der Waals surface area contributed by atoms with E-state index in [0.29, 0.717) is 31.4 Å². The first-order chi connectivity index (χ1) is 11.0. The number of nitrogens with one attached hydrogen (secondary N) is 1. The fourth-order valence-corrected chi connectivity index (χ4v) is 2.50. The number of nitrogens with zero attached hydrogens (tertiary/aromatic N) is 2. The zero-order chi connectivity index (χ0) is 16.8. The zero-order valence-electron chi connectivity index (χ0n) is 13.4. The number of carbonyl (C=O) groups excluding carboxylic acids is 1. The Morgan fingerprint density at radius 2 is 2.17 bits per heavy atom. The fraction of sp³-hybridized carbons (Fsp3) is 0.412. The standard InChI is InChI=1S/C17H21F2N3O/c1-3-16(14-7-6-13(18)11-15(14)19)21-17(23)5-4-9-22-10-8-20-12(22)2/h6-8,10-11,16H,3-5,9H2,1-2H3,(H,21,23). The van der Waals surface area contributed by atoms with E-state index >= 15 is 0 Å². The van der Waals surface area contributed by atoms with Crippen LogP contribution in [0.15, 0.2) is 30.6 Å². The Morgan fingerprint density at radius 3 is 2.78 bits per heavy atom. The molecule has 2 rings (SSSR count). The first kappa shape index (κ1) is 17.1. The molecule has 0 bridgehead atoms. The molecule has 1 unspecified atom stereocenters. The minimum absolute atomic E-state index is 0.140. The fourth-order valence-electron chi connectivity index (χ4n) is 2.50. The predicted octanol–water partition coefficient (Wildman–Crippen LogP) is 3.52. The van der Waals surface area contributed by atoms with E-state index in [2.05, 4.69) is 10.3 Å². The van der Waals surface area contributed by atoms with Gasteiger partial charge in [0.15, 0.2) is 0 Å². The average Bonchev–Trinajstić information content (AvgIpc) is 2.91. The van der Waals surface area contributed by atoms with Crippen molar-refractivity contribution in [3.05, 3.63) is 53.6 Å². The molecule has 0 fully saturated rings. The summed E-state index contributed by atoms with van der Waals surface area (Å²) in [5.74, 6) is -0.488. The summed E-state index contributed by atoms with van der Waals surface area (Å²) in [4.78, 5) is 16.2. The van der Waals surface area contributed by atoms with Crippen molar-refractivity contribution in [1.82, 2.24) is 14.9 Å². The van der Waals surface area contributed by atoms with Gasteiger partial charge in [-0.15, -0.1) is 0 Å². The van der Waals surface area contributed by atoms with E-state index in [-0.39, 0.29) is 5.91 Å². The van der Waals surface area contributed by atoms with E-state index in [9.17, 15) is 13.6 Å². The van der Waals surface area contributed by atoms with Crippen LogP contribution < -0.4 is 5.32 Å². The number of aryl methyl sites for hydroxylation is 2.